The molecular formula is C19H27ClN4O2S. The standard InChI is InChI=1S/C19H27ClN4O2S/c1-13(2)12-21-18(25)14(3)27-19-23-22-17(24(19)10-7-11-26-4)15-8-5-6-9-16(15)20/h5-6,8-9,13-14H,7,10-12H2,1-4H3,(H,21,25). The summed E-state index contributed by atoms with van der Waals surface area (Å²) in [4.78, 5) is 12.3. The molecule has 2 rings (SSSR count). The summed E-state index contributed by atoms with van der Waals surface area (Å²) in [7, 11) is 1.68. The number of ether oxygens (including phenoxy) is 1. The summed E-state index contributed by atoms with van der Waals surface area (Å²) in [5.74, 6) is 1.11. The number of nitrogens with one attached hydrogen (secondary N) is 1. The highest BCUT2D eigenvalue weighted by Gasteiger charge is 2.21. The smallest absolute Gasteiger partial charge is 0.233 e. The van der Waals surface area contributed by atoms with Gasteiger partial charge in [0.05, 0.1) is 10.3 Å². The summed E-state index contributed by atoms with van der Waals surface area (Å²) in [6, 6.07) is 7.56. The van der Waals surface area contributed by atoms with Crippen LogP contribution in [0.3, 0.4) is 0 Å². The van der Waals surface area contributed by atoms with Gasteiger partial charge < -0.3 is 14.6 Å². The van der Waals surface area contributed by atoms with Crippen LogP contribution in [0.1, 0.15) is 27.2 Å². The third-order valence-corrected chi connectivity index (χ3v) is 5.31. The van der Waals surface area contributed by atoms with Crippen LogP contribution in [-0.2, 0) is 16.1 Å². The lowest BCUT2D eigenvalue weighted by atomic mass is 10.2. The molecule has 1 amide bonds. The van der Waals surface area contributed by atoms with E-state index >= 15 is 0 Å². The number of hydrogen-bond donors (Lipinski definition) is 1. The Labute approximate surface area is 170 Å². The fourth-order valence-electron chi connectivity index (χ4n) is 2.45. The maximum Gasteiger partial charge on any atom is 0.233 e. The number of hydrogen-bond acceptors (Lipinski definition) is 5. The SMILES string of the molecule is COCCCn1c(SC(C)C(=O)NCC(C)C)nnc1-c1ccccc1Cl. The van der Waals surface area contributed by atoms with Crippen LogP contribution < -0.4 is 5.32 Å². The van der Waals surface area contributed by atoms with Crippen molar-refractivity contribution in [3.63, 3.8) is 0 Å². The van der Waals surface area contributed by atoms with E-state index in [0.717, 1.165) is 12.0 Å². The van der Waals surface area contributed by atoms with Crippen molar-refractivity contribution in [3.8, 4) is 11.4 Å². The van der Waals surface area contributed by atoms with Gasteiger partial charge in [-0.25, -0.2) is 0 Å². The van der Waals surface area contributed by atoms with Crippen LogP contribution in [0.15, 0.2) is 29.4 Å². The highest BCUT2D eigenvalue weighted by atomic mass is 35.5. The first kappa shape index (κ1) is 21.7. The summed E-state index contributed by atoms with van der Waals surface area (Å²) in [5, 5.41) is 12.7. The molecule has 0 bridgehead atoms. The zero-order valence-electron chi connectivity index (χ0n) is 16.2. The van der Waals surface area contributed by atoms with Gasteiger partial charge in [-0.15, -0.1) is 10.2 Å². The molecule has 0 saturated carbocycles. The fourth-order valence-corrected chi connectivity index (χ4v) is 3.57. The Morgan fingerprint density at radius 1 is 1.30 bits per heavy atom. The first-order valence-corrected chi connectivity index (χ1v) is 10.3. The normalized spacial score (nSPS) is 12.4. The Bertz CT molecular complexity index is 751. The van der Waals surface area contributed by atoms with E-state index in [1.807, 2.05) is 35.8 Å². The van der Waals surface area contributed by atoms with Crippen molar-refractivity contribution in [2.75, 3.05) is 20.3 Å². The Morgan fingerprint density at radius 2 is 2.04 bits per heavy atom. The van der Waals surface area contributed by atoms with Gasteiger partial charge in [-0.3, -0.25) is 4.79 Å². The van der Waals surface area contributed by atoms with E-state index in [0.29, 0.717) is 41.6 Å². The van der Waals surface area contributed by atoms with Crippen LogP contribution in [0.5, 0.6) is 0 Å². The Kier molecular flexibility index (Phi) is 8.60. The molecule has 6 nitrogen and oxygen atoms in total. The number of carbonyl (C=O) groups is 1. The van der Waals surface area contributed by atoms with Crippen LogP contribution in [0.4, 0.5) is 0 Å². The Balaban J connectivity index is 2.22. The van der Waals surface area contributed by atoms with Gasteiger partial charge in [0.15, 0.2) is 11.0 Å². The maximum absolute atomic E-state index is 12.3. The van der Waals surface area contributed by atoms with E-state index in [9.17, 15) is 4.79 Å². The number of thioether (sulfide) groups is 1. The molecule has 1 heterocycles. The van der Waals surface area contributed by atoms with E-state index in [1.54, 1.807) is 7.11 Å². The second kappa shape index (κ2) is 10.7. The topological polar surface area (TPSA) is 69.0 Å². The molecular weight excluding hydrogens is 384 g/mol. The zero-order valence-corrected chi connectivity index (χ0v) is 17.8. The van der Waals surface area contributed by atoms with Gasteiger partial charge in [-0.05, 0) is 31.4 Å². The van der Waals surface area contributed by atoms with Crippen LogP contribution in [-0.4, -0.2) is 46.2 Å². The average Bonchev–Trinajstić information content (AvgIpc) is 3.02. The maximum atomic E-state index is 12.3. The molecule has 0 radical (unpaired) electrons. The lowest BCUT2D eigenvalue weighted by Crippen LogP contribution is -2.33. The third kappa shape index (κ3) is 6.23. The number of carbonyl (C=O) groups excluding carboxylic acids is 1. The second-order valence-electron chi connectivity index (χ2n) is 6.68. The molecule has 0 aliphatic rings. The predicted molar refractivity (Wildman–Crippen MR) is 110 cm³/mol. The third-order valence-electron chi connectivity index (χ3n) is 3.90. The molecule has 2 aromatic rings. The highest BCUT2D eigenvalue weighted by molar-refractivity contribution is 8.00. The minimum absolute atomic E-state index is 0.000523. The van der Waals surface area contributed by atoms with Gasteiger partial charge in [0.1, 0.15) is 0 Å². The van der Waals surface area contributed by atoms with E-state index in [1.165, 1.54) is 11.8 Å². The largest absolute Gasteiger partial charge is 0.385 e. The number of rotatable bonds is 10. The molecule has 0 spiro atoms. The van der Waals surface area contributed by atoms with Crippen molar-refractivity contribution in [2.45, 2.75) is 44.1 Å². The minimum Gasteiger partial charge on any atom is -0.385 e. The lowest BCUT2D eigenvalue weighted by molar-refractivity contribution is -0.120. The van der Waals surface area contributed by atoms with Crippen molar-refractivity contribution in [3.05, 3.63) is 29.3 Å². The molecule has 27 heavy (non-hydrogen) atoms. The molecule has 1 atom stereocenters. The molecule has 0 aliphatic carbocycles. The summed E-state index contributed by atoms with van der Waals surface area (Å²) < 4.78 is 7.18. The van der Waals surface area contributed by atoms with E-state index in [-0.39, 0.29) is 11.2 Å². The molecule has 0 saturated heterocycles. The lowest BCUT2D eigenvalue weighted by Gasteiger charge is -2.15. The van der Waals surface area contributed by atoms with Crippen LogP contribution in [0, 0.1) is 5.92 Å². The Hall–Kier alpha value is -1.57. The minimum atomic E-state index is -0.270. The molecule has 0 fully saturated rings. The number of halogens is 1. The molecule has 1 aromatic heterocycles. The summed E-state index contributed by atoms with van der Waals surface area (Å²) in [6.45, 7) is 8.00. The van der Waals surface area contributed by atoms with Crippen molar-refractivity contribution in [1.29, 1.82) is 0 Å². The molecule has 1 unspecified atom stereocenters. The van der Waals surface area contributed by atoms with Crippen LogP contribution in [0.2, 0.25) is 5.02 Å². The first-order chi connectivity index (χ1) is 12.9. The summed E-state index contributed by atoms with van der Waals surface area (Å²) in [6.07, 6.45) is 0.813. The molecule has 0 aliphatic heterocycles. The summed E-state index contributed by atoms with van der Waals surface area (Å²) in [5.41, 5.74) is 0.827. The molecule has 8 heteroatoms. The molecule has 1 N–H and O–H groups in total. The van der Waals surface area contributed by atoms with Gasteiger partial charge in [0, 0.05) is 32.4 Å². The summed E-state index contributed by atoms with van der Waals surface area (Å²) >= 11 is 7.75. The number of amides is 1. The van der Waals surface area contributed by atoms with Crippen molar-refractivity contribution < 1.29 is 9.53 Å². The number of benzene rings is 1. The van der Waals surface area contributed by atoms with Crippen LogP contribution >= 0.6 is 23.4 Å². The van der Waals surface area contributed by atoms with Crippen molar-refractivity contribution in [1.82, 2.24) is 20.1 Å². The number of methoxy groups -OCH3 is 1. The average molecular weight is 411 g/mol. The quantitative estimate of drug-likeness (QED) is 0.475. The van der Waals surface area contributed by atoms with Gasteiger partial charge in [0.25, 0.3) is 0 Å². The predicted octanol–water partition coefficient (Wildman–Crippen LogP) is 3.89. The highest BCUT2D eigenvalue weighted by Crippen LogP contribution is 2.30. The van der Waals surface area contributed by atoms with Gasteiger partial charge in [-0.1, -0.05) is 49.3 Å². The zero-order chi connectivity index (χ0) is 19.8. The second-order valence-corrected chi connectivity index (χ2v) is 8.40. The van der Waals surface area contributed by atoms with Gasteiger partial charge >= 0.3 is 0 Å². The fraction of sp³-hybridized carbons (Fsp3) is 0.526. The van der Waals surface area contributed by atoms with Gasteiger partial charge in [0.2, 0.25) is 5.91 Å². The van der Waals surface area contributed by atoms with Crippen molar-refractivity contribution in [2.24, 2.45) is 5.92 Å². The first-order valence-electron chi connectivity index (χ1n) is 9.05. The van der Waals surface area contributed by atoms with Crippen LogP contribution in [0.25, 0.3) is 11.4 Å². The van der Waals surface area contributed by atoms with Gasteiger partial charge in [-0.2, -0.15) is 0 Å². The molecule has 1 aromatic carbocycles. The number of nitrogens with zero attached hydrogens (tertiary/aromatic N) is 3. The monoisotopic (exact) mass is 410 g/mol. The van der Waals surface area contributed by atoms with E-state index in [4.69, 9.17) is 16.3 Å². The Morgan fingerprint density at radius 3 is 2.70 bits per heavy atom. The van der Waals surface area contributed by atoms with E-state index in [2.05, 4.69) is 29.4 Å². The van der Waals surface area contributed by atoms with Crippen molar-refractivity contribution >= 4 is 29.3 Å². The number of aromatic nitrogens is 3. The van der Waals surface area contributed by atoms with E-state index < -0.39 is 0 Å². The molecule has 148 valence electrons.